The number of pyridine rings is 1. The predicted molar refractivity (Wildman–Crippen MR) is 82.8 cm³/mol. The van der Waals surface area contributed by atoms with Gasteiger partial charge in [0.1, 0.15) is 0 Å². The van der Waals surface area contributed by atoms with Gasteiger partial charge in [-0.25, -0.2) is 0 Å². The summed E-state index contributed by atoms with van der Waals surface area (Å²) in [6, 6.07) is 11.5. The van der Waals surface area contributed by atoms with Gasteiger partial charge >= 0.3 is 0 Å². The zero-order valence-corrected chi connectivity index (χ0v) is 12.3. The molecule has 1 N–H and O–H groups in total. The van der Waals surface area contributed by atoms with Gasteiger partial charge in [0.25, 0.3) is 0 Å². The summed E-state index contributed by atoms with van der Waals surface area (Å²) < 4.78 is 0. The van der Waals surface area contributed by atoms with Gasteiger partial charge in [0, 0.05) is 36.7 Å². The van der Waals surface area contributed by atoms with Crippen LogP contribution in [0.3, 0.4) is 0 Å². The van der Waals surface area contributed by atoms with Crippen LogP contribution in [-0.2, 0) is 6.54 Å². The van der Waals surface area contributed by atoms with Crippen molar-refractivity contribution >= 4 is 5.69 Å². The fourth-order valence-electron chi connectivity index (χ4n) is 2.32. The van der Waals surface area contributed by atoms with E-state index in [1.54, 1.807) is 25.4 Å². The van der Waals surface area contributed by atoms with Crippen molar-refractivity contribution in [2.45, 2.75) is 26.5 Å². The summed E-state index contributed by atoms with van der Waals surface area (Å²) in [5.41, 5.74) is 3.49. The molecule has 0 fully saturated rings. The Hall–Kier alpha value is -2.38. The third kappa shape index (κ3) is 3.59. The maximum atomic E-state index is 9.96. The molecule has 1 aromatic carbocycles. The van der Waals surface area contributed by atoms with Crippen LogP contribution >= 0.6 is 0 Å². The van der Waals surface area contributed by atoms with Crippen LogP contribution in [0.4, 0.5) is 5.69 Å². The number of hydrogen-bond acceptors (Lipinski definition) is 4. The Balaban J connectivity index is 2.39. The Labute approximate surface area is 125 Å². The molecule has 4 nitrogen and oxygen atoms in total. The van der Waals surface area contributed by atoms with Crippen molar-refractivity contribution < 1.29 is 5.11 Å². The Morgan fingerprint density at radius 3 is 2.57 bits per heavy atom. The highest BCUT2D eigenvalue weighted by Gasteiger charge is 2.14. The van der Waals surface area contributed by atoms with E-state index < -0.39 is 6.10 Å². The summed E-state index contributed by atoms with van der Waals surface area (Å²) in [6.07, 6.45) is 2.97. The molecule has 0 aliphatic heterocycles. The number of aliphatic hydroxyl groups excluding tert-OH is 1. The van der Waals surface area contributed by atoms with Gasteiger partial charge in [0.05, 0.1) is 17.7 Å². The van der Waals surface area contributed by atoms with Crippen LogP contribution in [-0.4, -0.2) is 16.6 Å². The lowest BCUT2D eigenvalue weighted by Gasteiger charge is -2.27. The fraction of sp³-hybridized carbons (Fsp3) is 0.294. The maximum absolute atomic E-state index is 9.96. The second-order valence-corrected chi connectivity index (χ2v) is 4.93. The summed E-state index contributed by atoms with van der Waals surface area (Å²) in [4.78, 5) is 6.17. The minimum absolute atomic E-state index is 0.570. The number of rotatable bonds is 5. The van der Waals surface area contributed by atoms with Crippen LogP contribution in [0, 0.1) is 11.3 Å². The van der Waals surface area contributed by atoms with E-state index in [9.17, 15) is 5.11 Å². The normalized spacial score (nSPS) is 11.7. The summed E-state index contributed by atoms with van der Waals surface area (Å²) in [7, 11) is 0. The second-order valence-electron chi connectivity index (χ2n) is 4.93. The Morgan fingerprint density at radius 1 is 1.29 bits per heavy atom. The number of anilines is 1. The lowest BCUT2D eigenvalue weighted by Crippen LogP contribution is -2.24. The monoisotopic (exact) mass is 281 g/mol. The van der Waals surface area contributed by atoms with E-state index in [-0.39, 0.29) is 0 Å². The first kappa shape index (κ1) is 15.0. The molecule has 108 valence electrons. The van der Waals surface area contributed by atoms with E-state index in [4.69, 9.17) is 5.26 Å². The molecule has 1 heterocycles. The first-order valence-electron chi connectivity index (χ1n) is 7.01. The van der Waals surface area contributed by atoms with Crippen LogP contribution in [0.15, 0.2) is 42.7 Å². The molecule has 1 atom stereocenters. The minimum atomic E-state index is -0.570. The number of aromatic nitrogens is 1. The van der Waals surface area contributed by atoms with Crippen LogP contribution in [0.2, 0.25) is 0 Å². The van der Waals surface area contributed by atoms with E-state index in [1.165, 1.54) is 0 Å². The smallest absolute Gasteiger partial charge is 0.0992 e. The van der Waals surface area contributed by atoms with Gasteiger partial charge in [-0.1, -0.05) is 6.07 Å². The molecule has 21 heavy (non-hydrogen) atoms. The standard InChI is InChI=1S/C17H19N3O/c1-3-20(12-14-6-8-19-9-7-14)17-10-15(11-18)4-5-16(17)13(2)21/h4-10,13,21H,3,12H2,1-2H3. The van der Waals surface area contributed by atoms with Crippen LogP contribution in [0.5, 0.6) is 0 Å². The van der Waals surface area contributed by atoms with Gasteiger partial charge in [0.2, 0.25) is 0 Å². The van der Waals surface area contributed by atoms with Crippen LogP contribution in [0.1, 0.15) is 36.6 Å². The molecular formula is C17H19N3O. The van der Waals surface area contributed by atoms with Gasteiger partial charge in [-0.2, -0.15) is 5.26 Å². The molecule has 2 rings (SSSR count). The van der Waals surface area contributed by atoms with Gasteiger partial charge < -0.3 is 10.0 Å². The zero-order chi connectivity index (χ0) is 15.2. The van der Waals surface area contributed by atoms with Crippen molar-refractivity contribution in [1.82, 2.24) is 4.98 Å². The lowest BCUT2D eigenvalue weighted by atomic mass is 10.0. The van der Waals surface area contributed by atoms with Crippen molar-refractivity contribution in [1.29, 1.82) is 5.26 Å². The molecule has 0 amide bonds. The van der Waals surface area contributed by atoms with Crippen molar-refractivity contribution in [3.8, 4) is 6.07 Å². The predicted octanol–water partition coefficient (Wildman–Crippen LogP) is 3.03. The summed E-state index contributed by atoms with van der Waals surface area (Å²) in [5, 5.41) is 19.1. The second kappa shape index (κ2) is 6.87. The molecule has 1 unspecified atom stereocenters. The van der Waals surface area contributed by atoms with E-state index in [0.717, 1.165) is 23.4 Å². The van der Waals surface area contributed by atoms with E-state index in [1.807, 2.05) is 24.3 Å². The highest BCUT2D eigenvalue weighted by Crippen LogP contribution is 2.28. The topological polar surface area (TPSA) is 60.2 Å². The average Bonchev–Trinajstić information content (AvgIpc) is 2.52. The van der Waals surface area contributed by atoms with Crippen molar-refractivity contribution in [2.24, 2.45) is 0 Å². The van der Waals surface area contributed by atoms with Gasteiger partial charge in [-0.05, 0) is 43.7 Å². The van der Waals surface area contributed by atoms with Gasteiger partial charge in [-0.3, -0.25) is 4.98 Å². The molecular weight excluding hydrogens is 262 g/mol. The van der Waals surface area contributed by atoms with Crippen molar-refractivity contribution in [2.75, 3.05) is 11.4 Å². The quantitative estimate of drug-likeness (QED) is 0.915. The molecule has 0 aliphatic carbocycles. The van der Waals surface area contributed by atoms with E-state index >= 15 is 0 Å². The summed E-state index contributed by atoms with van der Waals surface area (Å²) in [5.74, 6) is 0. The molecule has 0 saturated heterocycles. The summed E-state index contributed by atoms with van der Waals surface area (Å²) in [6.45, 7) is 5.31. The molecule has 0 radical (unpaired) electrons. The largest absolute Gasteiger partial charge is 0.389 e. The third-order valence-corrected chi connectivity index (χ3v) is 3.45. The zero-order valence-electron chi connectivity index (χ0n) is 12.3. The van der Waals surface area contributed by atoms with E-state index in [2.05, 4.69) is 22.9 Å². The lowest BCUT2D eigenvalue weighted by molar-refractivity contribution is 0.199. The molecule has 2 aromatic rings. The maximum Gasteiger partial charge on any atom is 0.0992 e. The highest BCUT2D eigenvalue weighted by molar-refractivity contribution is 5.58. The Kier molecular flexibility index (Phi) is 4.91. The Bertz CT molecular complexity index is 632. The number of nitrogens with zero attached hydrogens (tertiary/aromatic N) is 3. The van der Waals surface area contributed by atoms with E-state index in [0.29, 0.717) is 12.1 Å². The molecule has 4 heteroatoms. The SMILES string of the molecule is CCN(Cc1ccncc1)c1cc(C#N)ccc1C(C)O. The molecule has 0 saturated carbocycles. The molecule has 0 spiro atoms. The number of benzene rings is 1. The first-order chi connectivity index (χ1) is 10.2. The Morgan fingerprint density at radius 2 is 2.00 bits per heavy atom. The van der Waals surface area contributed by atoms with Crippen LogP contribution in [0.25, 0.3) is 0 Å². The van der Waals surface area contributed by atoms with Gasteiger partial charge in [0.15, 0.2) is 0 Å². The van der Waals surface area contributed by atoms with Crippen molar-refractivity contribution in [3.05, 3.63) is 59.4 Å². The highest BCUT2D eigenvalue weighted by atomic mass is 16.3. The van der Waals surface area contributed by atoms with Crippen LogP contribution < -0.4 is 4.90 Å². The number of aliphatic hydroxyl groups is 1. The number of hydrogen-bond donors (Lipinski definition) is 1. The average molecular weight is 281 g/mol. The molecule has 1 aromatic heterocycles. The minimum Gasteiger partial charge on any atom is -0.389 e. The first-order valence-corrected chi connectivity index (χ1v) is 7.01. The fourth-order valence-corrected chi connectivity index (χ4v) is 2.32. The third-order valence-electron chi connectivity index (χ3n) is 3.45. The van der Waals surface area contributed by atoms with Crippen molar-refractivity contribution in [3.63, 3.8) is 0 Å². The molecule has 0 aliphatic rings. The molecule has 0 bridgehead atoms. The summed E-state index contributed by atoms with van der Waals surface area (Å²) >= 11 is 0. The van der Waals surface area contributed by atoms with Gasteiger partial charge in [-0.15, -0.1) is 0 Å². The number of nitriles is 1.